The lowest BCUT2D eigenvalue weighted by atomic mass is 9.94. The molecule has 0 atom stereocenters. The Kier molecular flexibility index (Phi) is 7.25. The van der Waals surface area contributed by atoms with Crippen LogP contribution in [-0.4, -0.2) is 41.7 Å². The van der Waals surface area contributed by atoms with Crippen LogP contribution in [0, 0.1) is 13.8 Å². The van der Waals surface area contributed by atoms with E-state index < -0.39 is 20.0 Å². The molecule has 154 valence electrons. The summed E-state index contributed by atoms with van der Waals surface area (Å²) in [5, 5.41) is 0. The number of hydrogen-bond acceptors (Lipinski definition) is 6. The number of ether oxygens (including phenoxy) is 1. The number of rotatable bonds is 9. The molecule has 2 aromatic rings. The fourth-order valence-electron chi connectivity index (χ4n) is 2.97. The lowest BCUT2D eigenvalue weighted by molar-refractivity contribution is 0.311. The normalized spacial score (nSPS) is 12.1. The Morgan fingerprint density at radius 3 is 2.14 bits per heavy atom. The van der Waals surface area contributed by atoms with Crippen molar-refractivity contribution in [3.8, 4) is 16.9 Å². The lowest BCUT2D eigenvalue weighted by Crippen LogP contribution is -2.08. The first-order valence-corrected chi connectivity index (χ1v) is 12.7. The van der Waals surface area contributed by atoms with Crippen LogP contribution in [0.4, 0.5) is 0 Å². The van der Waals surface area contributed by atoms with Crippen molar-refractivity contribution in [3.05, 3.63) is 53.1 Å². The molecule has 0 unspecified atom stereocenters. The Bertz CT molecular complexity index is 1020. The largest absolute Gasteiger partial charge is 0.494 e. The maximum atomic E-state index is 11.2. The molecule has 0 fully saturated rings. The first kappa shape index (κ1) is 22.4. The van der Waals surface area contributed by atoms with Gasteiger partial charge in [0.2, 0.25) is 0 Å². The van der Waals surface area contributed by atoms with Crippen molar-refractivity contribution in [3.63, 3.8) is 0 Å². The molecule has 2 rings (SSSR count). The number of benzene rings is 2. The summed E-state index contributed by atoms with van der Waals surface area (Å²) in [7, 11) is -6.48. The first-order valence-electron chi connectivity index (χ1n) is 8.80. The van der Waals surface area contributed by atoms with E-state index in [-0.39, 0.29) is 12.4 Å². The van der Waals surface area contributed by atoms with Gasteiger partial charge in [-0.05, 0) is 66.3 Å². The molecular formula is C20H26O6S2. The van der Waals surface area contributed by atoms with Gasteiger partial charge < -0.3 is 4.74 Å². The summed E-state index contributed by atoms with van der Waals surface area (Å²) in [6.07, 6.45) is 2.69. The highest BCUT2D eigenvalue weighted by Crippen LogP contribution is 2.31. The van der Waals surface area contributed by atoms with Gasteiger partial charge in [-0.3, -0.25) is 4.18 Å². The molecule has 0 bridgehead atoms. The second-order valence-electron chi connectivity index (χ2n) is 6.93. The van der Waals surface area contributed by atoms with Gasteiger partial charge in [0.05, 0.1) is 25.2 Å². The fraction of sp³-hybridized carbons (Fsp3) is 0.400. The third kappa shape index (κ3) is 7.26. The van der Waals surface area contributed by atoms with Gasteiger partial charge in [0, 0.05) is 6.26 Å². The molecule has 0 heterocycles. The molecule has 0 aromatic heterocycles. The Morgan fingerprint density at radius 2 is 1.57 bits per heavy atom. The van der Waals surface area contributed by atoms with Crippen LogP contribution in [0.25, 0.3) is 11.1 Å². The summed E-state index contributed by atoms with van der Waals surface area (Å²) >= 11 is 0. The second-order valence-corrected chi connectivity index (χ2v) is 10.8. The summed E-state index contributed by atoms with van der Waals surface area (Å²) in [4.78, 5) is 0. The van der Waals surface area contributed by atoms with Crippen LogP contribution in [-0.2, 0) is 30.7 Å². The van der Waals surface area contributed by atoms with E-state index in [1.54, 1.807) is 0 Å². The van der Waals surface area contributed by atoms with E-state index in [0.717, 1.165) is 34.1 Å². The van der Waals surface area contributed by atoms with E-state index in [9.17, 15) is 16.8 Å². The molecular weight excluding hydrogens is 400 g/mol. The fourth-order valence-corrected chi connectivity index (χ4v) is 3.96. The third-order valence-electron chi connectivity index (χ3n) is 4.09. The minimum Gasteiger partial charge on any atom is -0.494 e. The first-order chi connectivity index (χ1) is 12.9. The quantitative estimate of drug-likeness (QED) is 0.452. The molecule has 0 aliphatic carbocycles. The van der Waals surface area contributed by atoms with E-state index in [1.807, 2.05) is 50.2 Å². The lowest BCUT2D eigenvalue weighted by Gasteiger charge is -2.15. The van der Waals surface area contributed by atoms with Gasteiger partial charge in [-0.1, -0.05) is 18.2 Å². The van der Waals surface area contributed by atoms with Crippen LogP contribution in [0.15, 0.2) is 36.4 Å². The molecule has 0 aliphatic heterocycles. The van der Waals surface area contributed by atoms with Crippen molar-refractivity contribution in [2.24, 2.45) is 0 Å². The molecule has 0 aliphatic rings. The van der Waals surface area contributed by atoms with Crippen LogP contribution >= 0.6 is 0 Å². The Morgan fingerprint density at radius 1 is 0.929 bits per heavy atom. The summed E-state index contributed by atoms with van der Waals surface area (Å²) in [5.41, 5.74) is 4.80. The van der Waals surface area contributed by atoms with Crippen molar-refractivity contribution in [1.82, 2.24) is 0 Å². The minimum absolute atomic E-state index is 0.00764. The van der Waals surface area contributed by atoms with E-state index >= 15 is 0 Å². The topological polar surface area (TPSA) is 86.7 Å². The average molecular weight is 427 g/mol. The van der Waals surface area contributed by atoms with Crippen molar-refractivity contribution >= 4 is 20.0 Å². The van der Waals surface area contributed by atoms with Gasteiger partial charge in [0.25, 0.3) is 10.1 Å². The highest BCUT2D eigenvalue weighted by molar-refractivity contribution is 7.90. The van der Waals surface area contributed by atoms with E-state index in [1.165, 1.54) is 6.26 Å². The summed E-state index contributed by atoms with van der Waals surface area (Å²) in [6.45, 7) is 4.28. The minimum atomic E-state index is -3.50. The SMILES string of the molecule is Cc1cc(OCCCS(C)(=O)=O)cc(C)c1-c1cccc(COS(C)(=O)=O)c1. The molecule has 6 nitrogen and oxygen atoms in total. The van der Waals surface area contributed by atoms with Crippen LogP contribution in [0.1, 0.15) is 23.1 Å². The molecule has 0 saturated carbocycles. The summed E-state index contributed by atoms with van der Waals surface area (Å²) in [6, 6.07) is 11.4. The van der Waals surface area contributed by atoms with Gasteiger partial charge in [-0.15, -0.1) is 0 Å². The molecule has 0 spiro atoms. The Hall–Kier alpha value is -1.90. The summed E-state index contributed by atoms with van der Waals surface area (Å²) < 4.78 is 55.3. The zero-order valence-corrected chi connectivity index (χ0v) is 18.2. The average Bonchev–Trinajstić information content (AvgIpc) is 2.55. The van der Waals surface area contributed by atoms with Gasteiger partial charge in [0.15, 0.2) is 0 Å². The predicted octanol–water partition coefficient (Wildman–Crippen LogP) is 3.26. The van der Waals surface area contributed by atoms with Crippen molar-refractivity contribution in [1.29, 1.82) is 0 Å². The van der Waals surface area contributed by atoms with Gasteiger partial charge >= 0.3 is 0 Å². The van der Waals surface area contributed by atoms with Crippen LogP contribution in [0.2, 0.25) is 0 Å². The smallest absolute Gasteiger partial charge is 0.264 e. The Labute approximate surface area is 167 Å². The number of sulfone groups is 1. The van der Waals surface area contributed by atoms with Crippen LogP contribution in [0.5, 0.6) is 5.75 Å². The standard InChI is InChI=1S/C20H26O6S2/c1-15-11-19(25-9-6-10-27(3,21)22)12-16(2)20(15)18-8-5-7-17(13-18)14-26-28(4,23)24/h5,7-8,11-13H,6,9-10,14H2,1-4H3. The number of hydrogen-bond donors (Lipinski definition) is 0. The van der Waals surface area contributed by atoms with E-state index in [2.05, 4.69) is 0 Å². The Balaban J connectivity index is 2.16. The van der Waals surface area contributed by atoms with Crippen molar-refractivity contribution in [2.75, 3.05) is 24.9 Å². The van der Waals surface area contributed by atoms with Gasteiger partial charge in [-0.2, -0.15) is 8.42 Å². The predicted molar refractivity (Wildman–Crippen MR) is 111 cm³/mol. The molecule has 8 heteroatoms. The zero-order valence-electron chi connectivity index (χ0n) is 16.6. The molecule has 0 N–H and O–H groups in total. The maximum absolute atomic E-state index is 11.2. The van der Waals surface area contributed by atoms with Crippen LogP contribution < -0.4 is 4.74 Å². The van der Waals surface area contributed by atoms with Crippen LogP contribution in [0.3, 0.4) is 0 Å². The second kappa shape index (κ2) is 9.07. The highest BCUT2D eigenvalue weighted by Gasteiger charge is 2.11. The zero-order chi connectivity index (χ0) is 20.9. The van der Waals surface area contributed by atoms with E-state index in [4.69, 9.17) is 8.92 Å². The van der Waals surface area contributed by atoms with Gasteiger partial charge in [-0.25, -0.2) is 8.42 Å². The van der Waals surface area contributed by atoms with Crippen molar-refractivity contribution in [2.45, 2.75) is 26.9 Å². The van der Waals surface area contributed by atoms with Gasteiger partial charge in [0.1, 0.15) is 15.6 Å². The molecule has 0 radical (unpaired) electrons. The maximum Gasteiger partial charge on any atom is 0.264 e. The molecule has 0 saturated heterocycles. The monoisotopic (exact) mass is 426 g/mol. The summed E-state index contributed by atoms with van der Waals surface area (Å²) in [5.74, 6) is 0.801. The van der Waals surface area contributed by atoms with E-state index in [0.29, 0.717) is 18.8 Å². The molecule has 2 aromatic carbocycles. The molecule has 28 heavy (non-hydrogen) atoms. The third-order valence-corrected chi connectivity index (χ3v) is 5.67. The molecule has 0 amide bonds. The highest BCUT2D eigenvalue weighted by atomic mass is 32.2. The van der Waals surface area contributed by atoms with Crippen molar-refractivity contribution < 1.29 is 25.8 Å². The number of aryl methyl sites for hydroxylation is 2.